The van der Waals surface area contributed by atoms with Crippen molar-refractivity contribution < 1.29 is 45.6 Å². The number of benzene rings is 2. The lowest BCUT2D eigenvalue weighted by Gasteiger charge is -2.42. The van der Waals surface area contributed by atoms with Gasteiger partial charge in [-0.15, -0.1) is 0 Å². The van der Waals surface area contributed by atoms with Gasteiger partial charge in [0.2, 0.25) is 0 Å². The number of rotatable bonds is 25. The molecule has 0 bridgehead atoms. The van der Waals surface area contributed by atoms with Crippen LogP contribution in [-0.2, 0) is 49.1 Å². The standard InChI is InChI=1S/C54H84O10SSi/c1-35(2)44-31-46(36(3)4)53(47(32-44)37(5)6)65(57,58)62-28-26-43-29-49(63-51(56)30-43)39(8)20-18-19-38(7)48(55)33-50(64-66(16,17)54(11,12)13)41(10)52(60-15)40(9)25-27-61-34-42-21-23-45(59-14)24-22-42/h18-25,31-32,35-37,39,41,43,49-50,52H,26-30,33-34H2,1-17H3/b20-18+,38-19+,40-25+/t39-,41+,43-,49-,50+,52+/m1/s1. The predicted octanol–water partition coefficient (Wildman–Crippen LogP) is 12.8. The number of methoxy groups -OCH3 is 2. The summed E-state index contributed by atoms with van der Waals surface area (Å²) in [7, 11) is -3.02. The van der Waals surface area contributed by atoms with Crippen molar-refractivity contribution in [2.45, 2.75) is 181 Å². The highest BCUT2D eigenvalue weighted by atomic mass is 32.2. The van der Waals surface area contributed by atoms with Crippen LogP contribution in [0.25, 0.3) is 0 Å². The monoisotopic (exact) mass is 953 g/mol. The summed E-state index contributed by atoms with van der Waals surface area (Å²) in [5.41, 5.74) is 5.31. The molecule has 0 N–H and O–H groups in total. The van der Waals surface area contributed by atoms with Gasteiger partial charge >= 0.3 is 5.97 Å². The highest BCUT2D eigenvalue weighted by Gasteiger charge is 2.42. The lowest BCUT2D eigenvalue weighted by molar-refractivity contribution is -0.159. The Labute approximate surface area is 400 Å². The highest BCUT2D eigenvalue weighted by molar-refractivity contribution is 7.86. The zero-order chi connectivity index (χ0) is 49.7. The maximum absolute atomic E-state index is 14.0. The van der Waals surface area contributed by atoms with Gasteiger partial charge in [0.05, 0.1) is 39.1 Å². The SMILES string of the molecule is COc1ccc(COC/C=C(\C)[C@H](OC)[C@@H](C)[C@H](CC(=O)/C(C)=C/C=C/[C@@H](C)[C@H]2C[C@@H](CCOS(=O)(=O)c3c(C(C)C)cc(C(C)C)cc3C(C)C)CC(=O)O2)O[Si](C)(C)C(C)(C)C)cc1. The smallest absolute Gasteiger partial charge is 0.306 e. The maximum Gasteiger partial charge on any atom is 0.306 e. The van der Waals surface area contributed by atoms with Crippen LogP contribution in [0, 0.1) is 17.8 Å². The molecular weight excluding hydrogens is 869 g/mol. The topological polar surface area (TPSA) is 124 Å². The number of cyclic esters (lactones) is 1. The van der Waals surface area contributed by atoms with Crippen molar-refractivity contribution in [1.29, 1.82) is 0 Å². The Bertz CT molecular complexity index is 2060. The number of carbonyl (C=O) groups is 2. The average molecular weight is 953 g/mol. The Morgan fingerprint density at radius 1 is 0.924 bits per heavy atom. The molecule has 0 aromatic heterocycles. The molecule has 0 radical (unpaired) electrons. The van der Waals surface area contributed by atoms with E-state index in [1.165, 1.54) is 0 Å². The van der Waals surface area contributed by atoms with Crippen LogP contribution >= 0.6 is 0 Å². The summed E-state index contributed by atoms with van der Waals surface area (Å²) in [5.74, 6) is 0.339. The normalized spacial score (nSPS) is 18.8. The van der Waals surface area contributed by atoms with Crippen molar-refractivity contribution in [3.63, 3.8) is 0 Å². The minimum Gasteiger partial charge on any atom is -0.497 e. The van der Waals surface area contributed by atoms with Gasteiger partial charge in [-0.2, -0.15) is 8.42 Å². The molecule has 0 aliphatic carbocycles. The van der Waals surface area contributed by atoms with E-state index in [9.17, 15) is 18.0 Å². The molecule has 6 atom stereocenters. The van der Waals surface area contributed by atoms with Crippen LogP contribution in [0.4, 0.5) is 0 Å². The lowest BCUT2D eigenvalue weighted by atomic mass is 9.87. The number of hydrogen-bond donors (Lipinski definition) is 0. The molecule has 2 aromatic rings. The number of esters is 1. The first-order chi connectivity index (χ1) is 30.7. The molecular formula is C54H84O10SSi. The minimum absolute atomic E-state index is 0.00791. The van der Waals surface area contributed by atoms with E-state index >= 15 is 0 Å². The van der Waals surface area contributed by atoms with Crippen LogP contribution in [0.3, 0.4) is 0 Å². The Morgan fingerprint density at radius 2 is 1.53 bits per heavy atom. The van der Waals surface area contributed by atoms with Crippen LogP contribution in [0.1, 0.15) is 156 Å². The molecule has 1 heterocycles. The van der Waals surface area contributed by atoms with Crippen LogP contribution in [0.2, 0.25) is 18.1 Å². The van der Waals surface area contributed by atoms with E-state index in [2.05, 4.69) is 54.6 Å². The van der Waals surface area contributed by atoms with Crippen molar-refractivity contribution in [1.82, 2.24) is 0 Å². The van der Waals surface area contributed by atoms with Crippen molar-refractivity contribution in [2.75, 3.05) is 27.4 Å². The van der Waals surface area contributed by atoms with Gasteiger partial charge < -0.3 is 23.4 Å². The number of hydrogen-bond acceptors (Lipinski definition) is 10. The fourth-order valence-corrected chi connectivity index (χ4v) is 11.1. The highest BCUT2D eigenvalue weighted by Crippen LogP contribution is 2.40. The van der Waals surface area contributed by atoms with Gasteiger partial charge in [0.25, 0.3) is 10.1 Å². The summed E-state index contributed by atoms with van der Waals surface area (Å²) in [4.78, 5) is 27.1. The summed E-state index contributed by atoms with van der Waals surface area (Å²) >= 11 is 0. The fourth-order valence-electron chi connectivity index (χ4n) is 8.06. The average Bonchev–Trinajstić information content (AvgIpc) is 3.23. The summed E-state index contributed by atoms with van der Waals surface area (Å²) in [6, 6.07) is 11.8. The first-order valence-corrected chi connectivity index (χ1v) is 28.3. The largest absolute Gasteiger partial charge is 0.497 e. The number of ketones is 1. The van der Waals surface area contributed by atoms with E-state index in [0.717, 1.165) is 33.6 Å². The zero-order valence-corrected chi connectivity index (χ0v) is 45.2. The summed E-state index contributed by atoms with van der Waals surface area (Å²) < 4.78 is 63.6. The Morgan fingerprint density at radius 3 is 2.06 bits per heavy atom. The van der Waals surface area contributed by atoms with Gasteiger partial charge in [-0.1, -0.05) is 125 Å². The summed E-state index contributed by atoms with van der Waals surface area (Å²) in [5, 5.41) is -0.0675. The molecule has 1 saturated heterocycles. The second-order valence-corrected chi connectivity index (χ2v) is 27.2. The first kappa shape index (κ1) is 56.9. The first-order valence-electron chi connectivity index (χ1n) is 24.0. The second-order valence-electron chi connectivity index (χ2n) is 20.9. The quantitative estimate of drug-likeness (QED) is 0.0181. The molecule has 1 aliphatic rings. The van der Waals surface area contributed by atoms with Crippen LogP contribution in [-0.4, -0.2) is 74.2 Å². The second kappa shape index (κ2) is 25.3. The van der Waals surface area contributed by atoms with Crippen molar-refractivity contribution in [2.24, 2.45) is 17.8 Å². The van der Waals surface area contributed by atoms with Crippen LogP contribution in [0.5, 0.6) is 5.75 Å². The molecule has 0 saturated carbocycles. The van der Waals surface area contributed by atoms with E-state index in [1.807, 2.05) is 109 Å². The predicted molar refractivity (Wildman–Crippen MR) is 269 cm³/mol. The van der Waals surface area contributed by atoms with Crippen LogP contribution in [0.15, 0.2) is 76.7 Å². The molecule has 3 rings (SSSR count). The summed E-state index contributed by atoms with van der Waals surface area (Å²) in [6.07, 6.45) is 7.97. The van der Waals surface area contributed by atoms with Crippen LogP contribution < -0.4 is 4.74 Å². The molecule has 0 amide bonds. The van der Waals surface area contributed by atoms with E-state index in [4.69, 9.17) is 27.6 Å². The van der Waals surface area contributed by atoms with Gasteiger partial charge in [-0.3, -0.25) is 13.8 Å². The van der Waals surface area contributed by atoms with E-state index in [0.29, 0.717) is 31.6 Å². The number of Topliss-reactive ketones (excluding diaryl/α,β-unsaturated/α-hetero) is 1. The van der Waals surface area contributed by atoms with Crippen molar-refractivity contribution in [3.8, 4) is 5.75 Å². The molecule has 370 valence electrons. The molecule has 12 heteroatoms. The zero-order valence-electron chi connectivity index (χ0n) is 43.4. The van der Waals surface area contributed by atoms with Gasteiger partial charge in [-0.25, -0.2) is 0 Å². The fraction of sp³-hybridized carbons (Fsp3) is 0.630. The number of allylic oxidation sites excluding steroid dienone is 3. The molecule has 10 nitrogen and oxygen atoms in total. The summed E-state index contributed by atoms with van der Waals surface area (Å²) in [6.45, 7) is 32.0. The lowest BCUT2D eigenvalue weighted by Crippen LogP contribution is -2.48. The van der Waals surface area contributed by atoms with E-state index in [1.54, 1.807) is 14.2 Å². The number of ether oxygens (including phenoxy) is 4. The van der Waals surface area contributed by atoms with E-state index in [-0.39, 0.29) is 82.7 Å². The Balaban J connectivity index is 1.69. The Hall–Kier alpha value is -3.39. The molecule has 0 spiro atoms. The third kappa shape index (κ3) is 16.4. The molecule has 2 aromatic carbocycles. The van der Waals surface area contributed by atoms with Crippen molar-refractivity contribution >= 4 is 30.2 Å². The maximum atomic E-state index is 14.0. The van der Waals surface area contributed by atoms with Gasteiger partial charge in [0.1, 0.15) is 16.7 Å². The van der Waals surface area contributed by atoms with Gasteiger partial charge in [-0.05, 0) is 114 Å². The molecule has 1 aliphatic heterocycles. The minimum atomic E-state index is -4.06. The van der Waals surface area contributed by atoms with Gasteiger partial charge in [0.15, 0.2) is 14.1 Å². The van der Waals surface area contributed by atoms with Crippen molar-refractivity contribution in [3.05, 3.63) is 94.1 Å². The van der Waals surface area contributed by atoms with Gasteiger partial charge in [0, 0.05) is 31.8 Å². The number of carbonyl (C=O) groups excluding carboxylic acids is 2. The molecule has 1 fully saturated rings. The van der Waals surface area contributed by atoms with E-state index < -0.39 is 30.6 Å². The molecule has 0 unspecified atom stereocenters. The third-order valence-electron chi connectivity index (χ3n) is 13.5. The molecule has 66 heavy (non-hydrogen) atoms. The Kier molecular flexibility index (Phi) is 21.8. The third-order valence-corrected chi connectivity index (χ3v) is 19.5.